The van der Waals surface area contributed by atoms with Crippen LogP contribution in [0.5, 0.6) is 0 Å². The summed E-state index contributed by atoms with van der Waals surface area (Å²) in [7, 11) is 0. The number of hydrogen-bond acceptors (Lipinski definition) is 3. The number of hydrazine groups is 1. The van der Waals surface area contributed by atoms with Gasteiger partial charge in [-0.15, -0.1) is 11.3 Å². The van der Waals surface area contributed by atoms with Gasteiger partial charge in [0.25, 0.3) is 0 Å². The highest BCUT2D eigenvalue weighted by Crippen LogP contribution is 2.38. The van der Waals surface area contributed by atoms with E-state index in [1.807, 2.05) is 0 Å². The number of thiophene rings is 1. The number of alkyl halides is 3. The molecule has 0 saturated carbocycles. The third-order valence-electron chi connectivity index (χ3n) is 2.70. The number of hydrogen-bond donors (Lipinski definition) is 2. The van der Waals surface area contributed by atoms with Crippen molar-refractivity contribution >= 4 is 38.9 Å². The summed E-state index contributed by atoms with van der Waals surface area (Å²) in [6, 6.07) is 5.07. The standard InChI is InChI=1S/C12H9BrClF3N2S/c13-8-2-1-6(5-7(8)12(15,16)17)10(19-18)11-9(14)3-4-20-11/h1-5,10,19H,18H2. The van der Waals surface area contributed by atoms with Crippen molar-refractivity contribution in [1.82, 2.24) is 5.43 Å². The second kappa shape index (κ2) is 6.03. The molecule has 1 aromatic carbocycles. The Morgan fingerprint density at radius 1 is 1.30 bits per heavy atom. The van der Waals surface area contributed by atoms with Crippen molar-refractivity contribution in [2.24, 2.45) is 5.84 Å². The third kappa shape index (κ3) is 3.17. The normalized spacial score (nSPS) is 13.5. The molecular formula is C12H9BrClF3N2S. The molecular weight excluding hydrogens is 377 g/mol. The molecule has 0 spiro atoms. The van der Waals surface area contributed by atoms with Crippen LogP contribution in [0.3, 0.4) is 0 Å². The molecule has 0 fully saturated rings. The minimum Gasteiger partial charge on any atom is -0.271 e. The van der Waals surface area contributed by atoms with Crippen LogP contribution in [-0.2, 0) is 6.18 Å². The minimum atomic E-state index is -4.44. The predicted molar refractivity (Wildman–Crippen MR) is 77.6 cm³/mol. The van der Waals surface area contributed by atoms with Gasteiger partial charge >= 0.3 is 6.18 Å². The summed E-state index contributed by atoms with van der Waals surface area (Å²) in [5.41, 5.74) is 2.15. The van der Waals surface area contributed by atoms with Gasteiger partial charge in [-0.2, -0.15) is 13.2 Å². The van der Waals surface area contributed by atoms with Crippen LogP contribution in [-0.4, -0.2) is 0 Å². The molecule has 1 atom stereocenters. The predicted octanol–water partition coefficient (Wildman–Crippen LogP) is 4.74. The lowest BCUT2D eigenvalue weighted by molar-refractivity contribution is -0.138. The lowest BCUT2D eigenvalue weighted by Gasteiger charge is -2.18. The summed E-state index contributed by atoms with van der Waals surface area (Å²) in [6.07, 6.45) is -4.44. The van der Waals surface area contributed by atoms with Gasteiger partial charge in [-0.05, 0) is 29.1 Å². The summed E-state index contributed by atoms with van der Waals surface area (Å²) in [6.45, 7) is 0. The number of halogens is 5. The minimum absolute atomic E-state index is 0.0122. The highest BCUT2D eigenvalue weighted by atomic mass is 79.9. The summed E-state index contributed by atoms with van der Waals surface area (Å²) >= 11 is 10.2. The Labute approximate surface area is 130 Å². The second-order valence-corrected chi connectivity index (χ2v) is 6.18. The first-order valence-corrected chi connectivity index (χ1v) is 7.45. The fourth-order valence-electron chi connectivity index (χ4n) is 1.77. The molecule has 0 bridgehead atoms. The summed E-state index contributed by atoms with van der Waals surface area (Å²) in [5, 5.41) is 2.22. The van der Waals surface area contributed by atoms with Crippen LogP contribution in [0.2, 0.25) is 5.02 Å². The highest BCUT2D eigenvalue weighted by molar-refractivity contribution is 9.10. The van der Waals surface area contributed by atoms with Crippen LogP contribution in [0.25, 0.3) is 0 Å². The molecule has 0 aliphatic heterocycles. The first kappa shape index (κ1) is 15.8. The van der Waals surface area contributed by atoms with Gasteiger partial charge < -0.3 is 0 Å². The largest absolute Gasteiger partial charge is 0.417 e. The zero-order valence-electron chi connectivity index (χ0n) is 9.84. The Balaban J connectivity index is 2.49. The molecule has 2 nitrogen and oxygen atoms in total. The van der Waals surface area contributed by atoms with Gasteiger partial charge in [0, 0.05) is 9.35 Å². The summed E-state index contributed by atoms with van der Waals surface area (Å²) in [4.78, 5) is 0.671. The fraction of sp³-hybridized carbons (Fsp3) is 0.167. The summed E-state index contributed by atoms with van der Waals surface area (Å²) < 4.78 is 38.7. The molecule has 0 aliphatic carbocycles. The summed E-state index contributed by atoms with van der Waals surface area (Å²) in [5.74, 6) is 5.47. The first-order valence-electron chi connectivity index (χ1n) is 5.40. The number of rotatable bonds is 3. The topological polar surface area (TPSA) is 38.0 Å². The quantitative estimate of drug-likeness (QED) is 0.592. The van der Waals surface area contributed by atoms with Crippen LogP contribution in [0.4, 0.5) is 13.2 Å². The monoisotopic (exact) mass is 384 g/mol. The van der Waals surface area contributed by atoms with Crippen molar-refractivity contribution < 1.29 is 13.2 Å². The van der Waals surface area contributed by atoms with E-state index < -0.39 is 17.8 Å². The molecule has 1 aromatic heterocycles. The molecule has 1 heterocycles. The van der Waals surface area contributed by atoms with E-state index in [0.29, 0.717) is 15.5 Å². The lowest BCUT2D eigenvalue weighted by Crippen LogP contribution is -2.28. The van der Waals surface area contributed by atoms with Gasteiger partial charge in [0.05, 0.1) is 16.6 Å². The molecule has 20 heavy (non-hydrogen) atoms. The molecule has 0 amide bonds. The van der Waals surface area contributed by atoms with Gasteiger partial charge in [0.2, 0.25) is 0 Å². The average Bonchev–Trinajstić information content (AvgIpc) is 2.77. The highest BCUT2D eigenvalue weighted by Gasteiger charge is 2.34. The van der Waals surface area contributed by atoms with Crippen molar-refractivity contribution in [3.05, 3.63) is 55.1 Å². The smallest absolute Gasteiger partial charge is 0.271 e. The Hall–Kier alpha value is -0.600. The van der Waals surface area contributed by atoms with Crippen molar-refractivity contribution in [3.8, 4) is 0 Å². The average molecular weight is 386 g/mol. The van der Waals surface area contributed by atoms with E-state index in [4.69, 9.17) is 17.4 Å². The molecule has 2 rings (SSSR count). The molecule has 3 N–H and O–H groups in total. The SMILES string of the molecule is NNC(c1ccc(Br)c(C(F)(F)F)c1)c1sccc1Cl. The lowest BCUT2D eigenvalue weighted by atomic mass is 10.0. The van der Waals surface area contributed by atoms with Crippen molar-refractivity contribution in [2.45, 2.75) is 12.2 Å². The number of nitrogens with two attached hydrogens (primary N) is 1. The van der Waals surface area contributed by atoms with Gasteiger partial charge in [-0.25, -0.2) is 5.43 Å². The fourth-order valence-corrected chi connectivity index (χ4v) is 3.50. The third-order valence-corrected chi connectivity index (χ3v) is 4.82. The van der Waals surface area contributed by atoms with Crippen LogP contribution in [0, 0.1) is 0 Å². The second-order valence-electron chi connectivity index (χ2n) is 3.97. The van der Waals surface area contributed by atoms with E-state index in [1.54, 1.807) is 17.5 Å². The van der Waals surface area contributed by atoms with Crippen molar-refractivity contribution in [2.75, 3.05) is 0 Å². The number of benzene rings is 1. The van der Waals surface area contributed by atoms with Gasteiger partial charge in [0.15, 0.2) is 0 Å². The maximum Gasteiger partial charge on any atom is 0.417 e. The molecule has 1 unspecified atom stereocenters. The van der Waals surface area contributed by atoms with Gasteiger partial charge in [-0.3, -0.25) is 5.84 Å². The Morgan fingerprint density at radius 2 is 2.00 bits per heavy atom. The molecule has 8 heteroatoms. The number of nitrogens with one attached hydrogen (secondary N) is 1. The van der Waals surface area contributed by atoms with E-state index >= 15 is 0 Å². The van der Waals surface area contributed by atoms with Gasteiger partial charge in [0.1, 0.15) is 0 Å². The van der Waals surface area contributed by atoms with Crippen molar-refractivity contribution in [1.29, 1.82) is 0 Å². The van der Waals surface area contributed by atoms with Crippen molar-refractivity contribution in [3.63, 3.8) is 0 Å². The van der Waals surface area contributed by atoms with Crippen LogP contribution in [0.15, 0.2) is 34.1 Å². The van der Waals surface area contributed by atoms with E-state index in [9.17, 15) is 13.2 Å². The maximum absolute atomic E-state index is 12.9. The van der Waals surface area contributed by atoms with E-state index in [2.05, 4.69) is 21.4 Å². The van der Waals surface area contributed by atoms with E-state index in [0.717, 1.165) is 6.07 Å². The Bertz CT molecular complexity index is 615. The van der Waals surface area contributed by atoms with Gasteiger partial charge in [-0.1, -0.05) is 33.6 Å². The molecule has 0 radical (unpaired) electrons. The first-order chi connectivity index (χ1) is 9.34. The van der Waals surface area contributed by atoms with E-state index in [-0.39, 0.29) is 4.47 Å². The zero-order chi connectivity index (χ0) is 14.9. The molecule has 108 valence electrons. The Kier molecular flexibility index (Phi) is 4.76. The van der Waals surface area contributed by atoms with Crippen LogP contribution in [0.1, 0.15) is 22.0 Å². The van der Waals surface area contributed by atoms with Crippen LogP contribution < -0.4 is 11.3 Å². The van der Waals surface area contributed by atoms with Crippen LogP contribution >= 0.6 is 38.9 Å². The molecule has 0 aliphatic rings. The molecule has 0 saturated heterocycles. The van der Waals surface area contributed by atoms with E-state index in [1.165, 1.54) is 17.4 Å². The molecule has 2 aromatic rings. The maximum atomic E-state index is 12.9. The Morgan fingerprint density at radius 3 is 2.50 bits per heavy atom. The zero-order valence-corrected chi connectivity index (χ0v) is 13.0.